The van der Waals surface area contributed by atoms with Crippen molar-refractivity contribution >= 4 is 11.7 Å². The predicted molar refractivity (Wildman–Crippen MR) is 123 cm³/mol. The van der Waals surface area contributed by atoms with Gasteiger partial charge in [0, 0.05) is 25.2 Å². The number of aryl methyl sites for hydroxylation is 3. The Morgan fingerprint density at radius 2 is 1.88 bits per heavy atom. The maximum absolute atomic E-state index is 13.1. The van der Waals surface area contributed by atoms with E-state index < -0.39 is 17.9 Å². The molecular formula is C23H27F3N6O2. The number of aromatic nitrogens is 2. The summed E-state index contributed by atoms with van der Waals surface area (Å²) >= 11 is 0. The number of carbonyl (C=O) groups is 1. The van der Waals surface area contributed by atoms with Crippen LogP contribution in [0.3, 0.4) is 0 Å². The van der Waals surface area contributed by atoms with Gasteiger partial charge in [-0.25, -0.2) is 21.5 Å². The lowest BCUT2D eigenvalue weighted by Gasteiger charge is -2.24. The van der Waals surface area contributed by atoms with Crippen LogP contribution in [-0.4, -0.2) is 27.9 Å². The highest BCUT2D eigenvalue weighted by Crippen LogP contribution is 2.33. The van der Waals surface area contributed by atoms with Crippen LogP contribution in [0.2, 0.25) is 0 Å². The minimum Gasteiger partial charge on any atom is -0.489 e. The molecule has 1 heterocycles. The van der Waals surface area contributed by atoms with Crippen LogP contribution in [0, 0.1) is 6.92 Å². The van der Waals surface area contributed by atoms with Crippen LogP contribution in [0.4, 0.5) is 23.7 Å². The molecule has 2 amide bonds. The van der Waals surface area contributed by atoms with E-state index in [0.717, 1.165) is 37.5 Å². The van der Waals surface area contributed by atoms with Gasteiger partial charge in [-0.2, -0.15) is 18.3 Å². The second-order valence-corrected chi connectivity index (χ2v) is 7.84. The number of nitrogens with two attached hydrogens (primary N) is 2. The quantitative estimate of drug-likeness (QED) is 0.316. The van der Waals surface area contributed by atoms with Crippen molar-refractivity contribution in [1.29, 1.82) is 0 Å². The highest BCUT2D eigenvalue weighted by Gasteiger charge is 2.35. The summed E-state index contributed by atoms with van der Waals surface area (Å²) in [5.74, 6) is 12.1. The van der Waals surface area contributed by atoms with Gasteiger partial charge in [0.05, 0.1) is 11.4 Å². The van der Waals surface area contributed by atoms with Gasteiger partial charge in [-0.05, 0) is 54.8 Å². The van der Waals surface area contributed by atoms with E-state index in [1.54, 1.807) is 37.3 Å². The number of benzene rings is 2. The number of nitrogens with zero attached hydrogens (tertiary/aromatic N) is 4. The SMILES string of the molecule is CCc1cccc(N(N)C(=O)N(C)N)c1COc1ccc(-c2cc(C(F)(F)F)n(C)n2)cc1C. The Morgan fingerprint density at radius 3 is 2.44 bits per heavy atom. The van der Waals surface area contributed by atoms with Crippen LogP contribution in [-0.2, 0) is 26.3 Å². The molecule has 0 spiro atoms. The summed E-state index contributed by atoms with van der Waals surface area (Å²) in [6, 6.07) is 10.9. The van der Waals surface area contributed by atoms with E-state index in [1.807, 2.05) is 13.0 Å². The fourth-order valence-corrected chi connectivity index (χ4v) is 3.61. The van der Waals surface area contributed by atoms with Crippen molar-refractivity contribution in [2.75, 3.05) is 12.1 Å². The Bertz CT molecular complexity index is 1190. The first kappa shape index (κ1) is 25.1. The van der Waals surface area contributed by atoms with Gasteiger partial charge < -0.3 is 4.74 Å². The third kappa shape index (κ3) is 5.15. The maximum atomic E-state index is 13.1. The van der Waals surface area contributed by atoms with Crippen molar-refractivity contribution < 1.29 is 22.7 Å². The Labute approximate surface area is 195 Å². The molecule has 0 fully saturated rings. The molecule has 182 valence electrons. The van der Waals surface area contributed by atoms with E-state index in [-0.39, 0.29) is 12.3 Å². The number of amides is 2. The van der Waals surface area contributed by atoms with Crippen molar-refractivity contribution in [3.05, 3.63) is 64.8 Å². The van der Waals surface area contributed by atoms with Gasteiger partial charge in [0.1, 0.15) is 18.1 Å². The minimum atomic E-state index is -4.49. The average molecular weight is 477 g/mol. The largest absolute Gasteiger partial charge is 0.489 e. The second-order valence-electron chi connectivity index (χ2n) is 7.84. The van der Waals surface area contributed by atoms with Crippen molar-refractivity contribution in [1.82, 2.24) is 14.8 Å². The molecule has 11 heteroatoms. The van der Waals surface area contributed by atoms with E-state index in [1.165, 1.54) is 14.1 Å². The van der Waals surface area contributed by atoms with Crippen LogP contribution in [0.15, 0.2) is 42.5 Å². The number of hydrazine groups is 2. The molecule has 3 rings (SSSR count). The Hall–Kier alpha value is -3.57. The number of hydrogen-bond acceptors (Lipinski definition) is 5. The molecule has 3 aromatic rings. The fourth-order valence-electron chi connectivity index (χ4n) is 3.61. The van der Waals surface area contributed by atoms with Crippen molar-refractivity contribution in [3.8, 4) is 17.0 Å². The predicted octanol–water partition coefficient (Wildman–Crippen LogP) is 4.16. The summed E-state index contributed by atoms with van der Waals surface area (Å²) in [5, 5.41) is 5.83. The second kappa shape index (κ2) is 9.74. The number of urea groups is 1. The zero-order chi connectivity index (χ0) is 25.2. The molecule has 1 aromatic heterocycles. The average Bonchev–Trinajstić information content (AvgIpc) is 3.19. The van der Waals surface area contributed by atoms with Gasteiger partial charge in [-0.3, -0.25) is 9.69 Å². The molecule has 0 bridgehead atoms. The molecular weight excluding hydrogens is 449 g/mol. The van der Waals surface area contributed by atoms with Crippen molar-refractivity contribution in [2.24, 2.45) is 18.7 Å². The molecule has 4 N–H and O–H groups in total. The summed E-state index contributed by atoms with van der Waals surface area (Å²) < 4.78 is 46.2. The normalized spacial score (nSPS) is 11.4. The van der Waals surface area contributed by atoms with Gasteiger partial charge in [0.15, 0.2) is 0 Å². The number of carbonyl (C=O) groups excluding carboxylic acids is 1. The molecule has 0 saturated heterocycles. The summed E-state index contributed by atoms with van der Waals surface area (Å²) in [6.07, 6.45) is -3.80. The summed E-state index contributed by atoms with van der Waals surface area (Å²) in [6.45, 7) is 3.89. The molecule has 0 atom stereocenters. The number of ether oxygens (including phenoxy) is 1. The molecule has 0 aliphatic heterocycles. The highest BCUT2D eigenvalue weighted by molar-refractivity contribution is 5.91. The van der Waals surface area contributed by atoms with Crippen LogP contribution in [0.25, 0.3) is 11.3 Å². The lowest BCUT2D eigenvalue weighted by Crippen LogP contribution is -2.49. The molecule has 2 aromatic carbocycles. The number of halogens is 3. The smallest absolute Gasteiger partial charge is 0.433 e. The van der Waals surface area contributed by atoms with E-state index >= 15 is 0 Å². The standard InChI is InChI=1S/C23H27F3N6O2/c1-5-15-7-6-8-19(32(28)22(33)30(3)27)17(15)13-34-20-10-9-16(11-14(20)2)18-12-21(23(24,25)26)31(4)29-18/h6-12H,5,13,27-28H2,1-4H3. The Kier molecular flexibility index (Phi) is 7.18. The first-order chi connectivity index (χ1) is 15.9. The maximum Gasteiger partial charge on any atom is 0.433 e. The molecule has 0 aliphatic carbocycles. The highest BCUT2D eigenvalue weighted by atomic mass is 19.4. The lowest BCUT2D eigenvalue weighted by molar-refractivity contribution is -0.143. The zero-order valence-corrected chi connectivity index (χ0v) is 19.3. The summed E-state index contributed by atoms with van der Waals surface area (Å²) in [5.41, 5.74) is 2.78. The van der Waals surface area contributed by atoms with Crippen LogP contribution in [0.5, 0.6) is 5.75 Å². The van der Waals surface area contributed by atoms with E-state index in [4.69, 9.17) is 16.4 Å². The number of hydrogen-bond donors (Lipinski definition) is 2. The zero-order valence-electron chi connectivity index (χ0n) is 19.3. The van der Waals surface area contributed by atoms with Crippen LogP contribution in [0.1, 0.15) is 29.3 Å². The van der Waals surface area contributed by atoms with Gasteiger partial charge in [-0.1, -0.05) is 19.1 Å². The first-order valence-electron chi connectivity index (χ1n) is 10.5. The third-order valence-electron chi connectivity index (χ3n) is 5.41. The molecule has 0 radical (unpaired) electrons. The van der Waals surface area contributed by atoms with E-state index in [0.29, 0.717) is 23.4 Å². The first-order valence-corrected chi connectivity index (χ1v) is 10.5. The molecule has 0 aliphatic rings. The van der Waals surface area contributed by atoms with Gasteiger partial charge >= 0.3 is 12.2 Å². The fraction of sp³-hybridized carbons (Fsp3) is 0.304. The lowest BCUT2D eigenvalue weighted by atomic mass is 10.0. The van der Waals surface area contributed by atoms with Crippen LogP contribution >= 0.6 is 0 Å². The van der Waals surface area contributed by atoms with Crippen molar-refractivity contribution in [3.63, 3.8) is 0 Å². The molecule has 0 unspecified atom stereocenters. The van der Waals surface area contributed by atoms with Crippen molar-refractivity contribution in [2.45, 2.75) is 33.1 Å². The topological polar surface area (TPSA) is 103 Å². The van der Waals surface area contributed by atoms with Gasteiger partial charge in [0.2, 0.25) is 0 Å². The van der Waals surface area contributed by atoms with E-state index in [9.17, 15) is 18.0 Å². The number of rotatable bonds is 6. The Balaban J connectivity index is 1.87. The van der Waals surface area contributed by atoms with Gasteiger partial charge in [-0.15, -0.1) is 0 Å². The summed E-state index contributed by atoms with van der Waals surface area (Å²) in [4.78, 5) is 12.3. The van der Waals surface area contributed by atoms with Crippen LogP contribution < -0.4 is 21.4 Å². The molecule has 34 heavy (non-hydrogen) atoms. The van der Waals surface area contributed by atoms with E-state index in [2.05, 4.69) is 5.10 Å². The number of anilines is 1. The number of alkyl halides is 3. The third-order valence-corrected chi connectivity index (χ3v) is 5.41. The molecule has 8 nitrogen and oxygen atoms in total. The monoisotopic (exact) mass is 476 g/mol. The van der Waals surface area contributed by atoms with Gasteiger partial charge in [0.25, 0.3) is 0 Å². The minimum absolute atomic E-state index is 0.122. The Morgan fingerprint density at radius 1 is 1.18 bits per heavy atom. The molecule has 0 saturated carbocycles. The summed E-state index contributed by atoms with van der Waals surface area (Å²) in [7, 11) is 2.65.